The van der Waals surface area contributed by atoms with Gasteiger partial charge >= 0.3 is 11.9 Å². The third-order valence-electron chi connectivity index (χ3n) is 3.79. The summed E-state index contributed by atoms with van der Waals surface area (Å²) in [5.41, 5.74) is 3.05. The molecule has 0 saturated heterocycles. The first-order valence-corrected chi connectivity index (χ1v) is 8.40. The predicted molar refractivity (Wildman–Crippen MR) is 96.7 cm³/mol. The summed E-state index contributed by atoms with van der Waals surface area (Å²) in [6.45, 7) is 7.44. The molecule has 0 radical (unpaired) electrons. The summed E-state index contributed by atoms with van der Waals surface area (Å²) in [6, 6.07) is 14.5. The second-order valence-electron chi connectivity index (χ2n) is 6.41. The largest absolute Gasteiger partial charge is 0.459 e. The van der Waals surface area contributed by atoms with E-state index in [0.29, 0.717) is 17.5 Å². The Balaban J connectivity index is 1.86. The summed E-state index contributed by atoms with van der Waals surface area (Å²) >= 11 is 0. The van der Waals surface area contributed by atoms with Gasteiger partial charge in [-0.3, -0.25) is 0 Å². The molecule has 132 valence electrons. The van der Waals surface area contributed by atoms with Gasteiger partial charge in [0.1, 0.15) is 12.2 Å². The Bertz CT molecular complexity index is 688. The predicted octanol–water partition coefficient (Wildman–Crippen LogP) is 4.48. The molecule has 0 aliphatic heterocycles. The van der Waals surface area contributed by atoms with Gasteiger partial charge in [-0.1, -0.05) is 35.4 Å². The Hall–Kier alpha value is -2.62. The zero-order valence-corrected chi connectivity index (χ0v) is 15.1. The van der Waals surface area contributed by atoms with E-state index in [0.717, 1.165) is 11.1 Å². The van der Waals surface area contributed by atoms with Crippen LogP contribution >= 0.6 is 0 Å². The lowest BCUT2D eigenvalue weighted by Gasteiger charge is -2.19. The van der Waals surface area contributed by atoms with Crippen LogP contribution in [0.1, 0.15) is 52.1 Å². The third-order valence-corrected chi connectivity index (χ3v) is 3.79. The summed E-state index contributed by atoms with van der Waals surface area (Å²) in [6.07, 6.45) is -0.267. The number of benzene rings is 2. The molecule has 2 unspecified atom stereocenters. The first-order valence-electron chi connectivity index (χ1n) is 8.40. The highest BCUT2D eigenvalue weighted by molar-refractivity contribution is 5.90. The van der Waals surface area contributed by atoms with Crippen molar-refractivity contribution in [3.63, 3.8) is 0 Å². The topological polar surface area (TPSA) is 52.6 Å². The molecule has 0 spiro atoms. The van der Waals surface area contributed by atoms with Crippen LogP contribution < -0.4 is 0 Å². The Morgan fingerprint density at radius 1 is 0.800 bits per heavy atom. The highest BCUT2D eigenvalue weighted by Crippen LogP contribution is 2.13. The molecule has 2 atom stereocenters. The maximum Gasteiger partial charge on any atom is 0.338 e. The van der Waals surface area contributed by atoms with E-state index >= 15 is 0 Å². The molecule has 0 fully saturated rings. The minimum atomic E-state index is -0.367. The third kappa shape index (κ3) is 5.75. The minimum absolute atomic E-state index is 0.353. The molecule has 2 aromatic carbocycles. The molecule has 0 aromatic heterocycles. The van der Waals surface area contributed by atoms with Crippen molar-refractivity contribution < 1.29 is 19.1 Å². The molecular formula is C21H24O4. The van der Waals surface area contributed by atoms with Crippen molar-refractivity contribution >= 4 is 11.9 Å². The van der Waals surface area contributed by atoms with E-state index in [2.05, 4.69) is 0 Å². The van der Waals surface area contributed by atoms with Gasteiger partial charge in [-0.15, -0.1) is 0 Å². The SMILES string of the molecule is Cc1cccc(C(=O)OC(C)CC(C)OC(=O)c2cccc(C)c2)c1. The molecule has 0 N–H and O–H groups in total. The fourth-order valence-electron chi connectivity index (χ4n) is 2.61. The van der Waals surface area contributed by atoms with E-state index in [1.807, 2.05) is 38.1 Å². The van der Waals surface area contributed by atoms with Gasteiger partial charge in [-0.05, 0) is 52.0 Å². The maximum absolute atomic E-state index is 12.1. The Kier molecular flexibility index (Phi) is 6.34. The lowest BCUT2D eigenvalue weighted by atomic mass is 10.1. The van der Waals surface area contributed by atoms with Crippen molar-refractivity contribution in [2.75, 3.05) is 0 Å². The average Bonchev–Trinajstić information content (AvgIpc) is 2.54. The van der Waals surface area contributed by atoms with E-state index in [-0.39, 0.29) is 24.1 Å². The highest BCUT2D eigenvalue weighted by Gasteiger charge is 2.18. The number of esters is 2. The van der Waals surface area contributed by atoms with Crippen molar-refractivity contribution in [1.82, 2.24) is 0 Å². The molecule has 2 aromatic rings. The van der Waals surface area contributed by atoms with Crippen LogP contribution in [0.25, 0.3) is 0 Å². The molecule has 0 aliphatic rings. The fourth-order valence-corrected chi connectivity index (χ4v) is 2.61. The van der Waals surface area contributed by atoms with Crippen LogP contribution in [-0.2, 0) is 9.47 Å². The lowest BCUT2D eigenvalue weighted by molar-refractivity contribution is 0.00762. The number of hydrogen-bond donors (Lipinski definition) is 0. The van der Waals surface area contributed by atoms with Gasteiger partial charge in [-0.25, -0.2) is 9.59 Å². The van der Waals surface area contributed by atoms with Crippen molar-refractivity contribution in [2.24, 2.45) is 0 Å². The highest BCUT2D eigenvalue weighted by atomic mass is 16.6. The summed E-state index contributed by atoms with van der Waals surface area (Å²) in [5, 5.41) is 0. The van der Waals surface area contributed by atoms with Crippen LogP contribution in [0.3, 0.4) is 0 Å². The van der Waals surface area contributed by atoms with Gasteiger partial charge < -0.3 is 9.47 Å². The second kappa shape index (κ2) is 8.47. The first-order chi connectivity index (χ1) is 11.8. The summed E-state index contributed by atoms with van der Waals surface area (Å²) in [7, 11) is 0. The van der Waals surface area contributed by atoms with Crippen molar-refractivity contribution in [3.05, 3.63) is 70.8 Å². The number of hydrogen-bond acceptors (Lipinski definition) is 4. The van der Waals surface area contributed by atoms with Crippen LogP contribution in [0, 0.1) is 13.8 Å². The second-order valence-corrected chi connectivity index (χ2v) is 6.41. The number of aryl methyl sites for hydroxylation is 2. The van der Waals surface area contributed by atoms with Gasteiger partial charge in [0, 0.05) is 6.42 Å². The molecule has 0 bridgehead atoms. The number of rotatable bonds is 6. The Morgan fingerprint density at radius 3 is 1.56 bits per heavy atom. The fraction of sp³-hybridized carbons (Fsp3) is 0.333. The maximum atomic E-state index is 12.1. The molecule has 0 aliphatic carbocycles. The van der Waals surface area contributed by atoms with Gasteiger partial charge in [0.15, 0.2) is 0 Å². The van der Waals surface area contributed by atoms with E-state index in [9.17, 15) is 9.59 Å². The van der Waals surface area contributed by atoms with Gasteiger partial charge in [0.05, 0.1) is 11.1 Å². The molecular weight excluding hydrogens is 316 g/mol. The normalized spacial score (nSPS) is 13.0. The summed E-state index contributed by atoms with van der Waals surface area (Å²) in [4.78, 5) is 24.3. The van der Waals surface area contributed by atoms with Crippen LogP contribution in [0.2, 0.25) is 0 Å². The zero-order chi connectivity index (χ0) is 18.4. The monoisotopic (exact) mass is 340 g/mol. The van der Waals surface area contributed by atoms with Crippen LogP contribution in [0.4, 0.5) is 0 Å². The standard InChI is InChI=1S/C21H24O4/c1-14-7-5-9-18(11-14)20(22)24-16(3)13-17(4)25-21(23)19-10-6-8-15(2)12-19/h5-12,16-17H,13H2,1-4H3. The van der Waals surface area contributed by atoms with Crippen LogP contribution in [-0.4, -0.2) is 24.1 Å². The van der Waals surface area contributed by atoms with Crippen molar-refractivity contribution in [2.45, 2.75) is 46.3 Å². The number of ether oxygens (including phenoxy) is 2. The van der Waals surface area contributed by atoms with Crippen LogP contribution in [0.5, 0.6) is 0 Å². The summed E-state index contributed by atoms with van der Waals surface area (Å²) < 4.78 is 10.9. The van der Waals surface area contributed by atoms with Crippen molar-refractivity contribution in [1.29, 1.82) is 0 Å². The molecule has 0 heterocycles. The van der Waals surface area contributed by atoms with Gasteiger partial charge in [0.25, 0.3) is 0 Å². The Labute approximate surface area is 148 Å². The van der Waals surface area contributed by atoms with E-state index in [4.69, 9.17) is 9.47 Å². The van der Waals surface area contributed by atoms with Gasteiger partial charge in [0.2, 0.25) is 0 Å². The smallest absolute Gasteiger partial charge is 0.338 e. The zero-order valence-electron chi connectivity index (χ0n) is 15.1. The minimum Gasteiger partial charge on any atom is -0.459 e. The molecule has 0 saturated carbocycles. The van der Waals surface area contributed by atoms with Crippen molar-refractivity contribution in [3.8, 4) is 0 Å². The molecule has 4 nitrogen and oxygen atoms in total. The summed E-state index contributed by atoms with van der Waals surface area (Å²) in [5.74, 6) is -0.734. The molecule has 25 heavy (non-hydrogen) atoms. The first kappa shape index (κ1) is 18.7. The molecule has 0 amide bonds. The number of carbonyl (C=O) groups excluding carboxylic acids is 2. The number of carbonyl (C=O) groups is 2. The molecule has 4 heteroatoms. The Morgan fingerprint density at radius 2 is 1.20 bits per heavy atom. The quantitative estimate of drug-likeness (QED) is 0.727. The van der Waals surface area contributed by atoms with Gasteiger partial charge in [-0.2, -0.15) is 0 Å². The average molecular weight is 340 g/mol. The van der Waals surface area contributed by atoms with Crippen LogP contribution in [0.15, 0.2) is 48.5 Å². The van der Waals surface area contributed by atoms with E-state index < -0.39 is 0 Å². The molecule has 2 rings (SSSR count). The lowest BCUT2D eigenvalue weighted by Crippen LogP contribution is -2.23. The van der Waals surface area contributed by atoms with E-state index in [1.54, 1.807) is 38.1 Å². The van der Waals surface area contributed by atoms with E-state index in [1.165, 1.54) is 0 Å².